The lowest BCUT2D eigenvalue weighted by Gasteiger charge is -2.08. The zero-order valence-electron chi connectivity index (χ0n) is 12.8. The maximum Gasteiger partial charge on any atom is 0.313 e. The Balaban J connectivity index is 1.89. The standard InChI is InChI=1S/C17H15F3N2O2/c1-10-3-2-4-11(9-10)7-8-21-16(23)17(24)22-13-6-5-12(18)14(19)15(13)20/h2-6,9H,7-8H2,1H3,(H,21,23)(H,22,24). The molecule has 0 heterocycles. The zero-order valence-corrected chi connectivity index (χ0v) is 12.8. The van der Waals surface area contributed by atoms with Crippen molar-refractivity contribution in [3.63, 3.8) is 0 Å². The molecule has 0 aliphatic carbocycles. The minimum Gasteiger partial charge on any atom is -0.347 e. The normalized spacial score (nSPS) is 10.3. The molecule has 24 heavy (non-hydrogen) atoms. The fraction of sp³-hybridized carbons (Fsp3) is 0.176. The predicted molar refractivity (Wildman–Crippen MR) is 82.8 cm³/mol. The summed E-state index contributed by atoms with van der Waals surface area (Å²) in [5.41, 5.74) is 1.46. The van der Waals surface area contributed by atoms with Crippen LogP contribution < -0.4 is 10.6 Å². The third-order valence-electron chi connectivity index (χ3n) is 3.27. The van der Waals surface area contributed by atoms with Crippen molar-refractivity contribution in [3.8, 4) is 0 Å². The summed E-state index contributed by atoms with van der Waals surface area (Å²) in [6.07, 6.45) is 0.514. The highest BCUT2D eigenvalue weighted by atomic mass is 19.2. The second-order valence-corrected chi connectivity index (χ2v) is 5.17. The molecule has 2 aromatic rings. The lowest BCUT2D eigenvalue weighted by Crippen LogP contribution is -2.36. The first-order chi connectivity index (χ1) is 11.4. The van der Waals surface area contributed by atoms with Crippen LogP contribution in [0.3, 0.4) is 0 Å². The van der Waals surface area contributed by atoms with Crippen LogP contribution in [0.1, 0.15) is 11.1 Å². The Kier molecular flexibility index (Phi) is 5.57. The number of hydrogen-bond donors (Lipinski definition) is 2. The number of benzene rings is 2. The molecule has 126 valence electrons. The van der Waals surface area contributed by atoms with Gasteiger partial charge in [0.15, 0.2) is 17.5 Å². The fourth-order valence-corrected chi connectivity index (χ4v) is 2.07. The monoisotopic (exact) mass is 336 g/mol. The fourth-order valence-electron chi connectivity index (χ4n) is 2.07. The molecule has 0 saturated carbocycles. The van der Waals surface area contributed by atoms with Gasteiger partial charge in [-0.3, -0.25) is 9.59 Å². The van der Waals surface area contributed by atoms with Crippen LogP contribution in [0.4, 0.5) is 18.9 Å². The van der Waals surface area contributed by atoms with E-state index < -0.39 is 35.0 Å². The molecule has 0 bridgehead atoms. The summed E-state index contributed by atoms with van der Waals surface area (Å²) in [5, 5.41) is 4.28. The molecule has 2 amide bonds. The smallest absolute Gasteiger partial charge is 0.313 e. The van der Waals surface area contributed by atoms with E-state index in [1.807, 2.05) is 36.5 Å². The Hall–Kier alpha value is -2.83. The largest absolute Gasteiger partial charge is 0.347 e. The number of anilines is 1. The molecule has 0 fully saturated rings. The Morgan fingerprint density at radius 1 is 1.00 bits per heavy atom. The SMILES string of the molecule is Cc1cccc(CCNC(=O)C(=O)Nc2ccc(F)c(F)c2F)c1. The van der Waals surface area contributed by atoms with Crippen LogP contribution in [0, 0.1) is 24.4 Å². The Bertz CT molecular complexity index is 778. The van der Waals surface area contributed by atoms with Gasteiger partial charge in [0.25, 0.3) is 0 Å². The first-order valence-corrected chi connectivity index (χ1v) is 7.16. The van der Waals surface area contributed by atoms with Crippen LogP contribution in [-0.4, -0.2) is 18.4 Å². The van der Waals surface area contributed by atoms with Crippen LogP contribution in [0.5, 0.6) is 0 Å². The second kappa shape index (κ2) is 7.63. The van der Waals surface area contributed by atoms with E-state index in [0.29, 0.717) is 12.5 Å². The second-order valence-electron chi connectivity index (χ2n) is 5.17. The number of aryl methyl sites for hydroxylation is 1. The molecule has 0 radical (unpaired) electrons. The molecule has 2 rings (SSSR count). The van der Waals surface area contributed by atoms with Gasteiger partial charge in [-0.25, -0.2) is 13.2 Å². The first kappa shape index (κ1) is 17.5. The van der Waals surface area contributed by atoms with E-state index >= 15 is 0 Å². The van der Waals surface area contributed by atoms with Gasteiger partial charge in [0.05, 0.1) is 5.69 Å². The number of hydrogen-bond acceptors (Lipinski definition) is 2. The van der Waals surface area contributed by atoms with Gasteiger partial charge >= 0.3 is 11.8 Å². The zero-order chi connectivity index (χ0) is 17.7. The van der Waals surface area contributed by atoms with Crippen LogP contribution >= 0.6 is 0 Å². The summed E-state index contributed by atoms with van der Waals surface area (Å²) in [4.78, 5) is 23.3. The van der Waals surface area contributed by atoms with Crippen LogP contribution in [0.2, 0.25) is 0 Å². The molecular formula is C17H15F3N2O2. The molecule has 0 aliphatic heterocycles. The highest BCUT2D eigenvalue weighted by Crippen LogP contribution is 2.19. The molecule has 0 unspecified atom stereocenters. The number of halogens is 3. The van der Waals surface area contributed by atoms with Crippen LogP contribution in [0.15, 0.2) is 36.4 Å². The van der Waals surface area contributed by atoms with Gasteiger partial charge in [0, 0.05) is 6.54 Å². The summed E-state index contributed by atoms with van der Waals surface area (Å²) in [6.45, 7) is 2.14. The number of rotatable bonds is 4. The molecule has 7 heteroatoms. The average Bonchev–Trinajstić information content (AvgIpc) is 2.55. The van der Waals surface area contributed by atoms with E-state index in [-0.39, 0.29) is 6.54 Å². The highest BCUT2D eigenvalue weighted by Gasteiger charge is 2.18. The summed E-state index contributed by atoms with van der Waals surface area (Å²) in [5.74, 6) is -6.81. The Morgan fingerprint density at radius 2 is 1.75 bits per heavy atom. The topological polar surface area (TPSA) is 58.2 Å². The number of nitrogens with one attached hydrogen (secondary N) is 2. The van der Waals surface area contributed by atoms with Crippen molar-refractivity contribution in [1.29, 1.82) is 0 Å². The van der Waals surface area contributed by atoms with E-state index in [1.54, 1.807) is 0 Å². The maximum atomic E-state index is 13.4. The molecule has 4 nitrogen and oxygen atoms in total. The molecule has 0 spiro atoms. The quantitative estimate of drug-likeness (QED) is 0.666. The molecule has 2 N–H and O–H groups in total. The van der Waals surface area contributed by atoms with Crippen molar-refractivity contribution in [3.05, 3.63) is 65.0 Å². The van der Waals surface area contributed by atoms with Gasteiger partial charge in [0.1, 0.15) is 0 Å². The third kappa shape index (κ3) is 4.34. The van der Waals surface area contributed by atoms with E-state index in [9.17, 15) is 22.8 Å². The van der Waals surface area contributed by atoms with Gasteiger partial charge in [-0.1, -0.05) is 29.8 Å². The van der Waals surface area contributed by atoms with Gasteiger partial charge in [-0.15, -0.1) is 0 Å². The summed E-state index contributed by atoms with van der Waals surface area (Å²) < 4.78 is 39.3. The van der Waals surface area contributed by atoms with Crippen molar-refractivity contribution < 1.29 is 22.8 Å². The van der Waals surface area contributed by atoms with Crippen molar-refractivity contribution in [2.75, 3.05) is 11.9 Å². The lowest BCUT2D eigenvalue weighted by molar-refractivity contribution is -0.136. The van der Waals surface area contributed by atoms with Crippen molar-refractivity contribution in [2.24, 2.45) is 0 Å². The van der Waals surface area contributed by atoms with Crippen molar-refractivity contribution >= 4 is 17.5 Å². The van der Waals surface area contributed by atoms with Gasteiger partial charge < -0.3 is 10.6 Å². The highest BCUT2D eigenvalue weighted by molar-refractivity contribution is 6.39. The van der Waals surface area contributed by atoms with Crippen LogP contribution in [-0.2, 0) is 16.0 Å². The van der Waals surface area contributed by atoms with Gasteiger partial charge in [0.2, 0.25) is 0 Å². The summed E-state index contributed by atoms with van der Waals surface area (Å²) >= 11 is 0. The predicted octanol–water partition coefficient (Wildman–Crippen LogP) is 2.71. The molecule has 0 aliphatic rings. The minimum absolute atomic E-state index is 0.204. The van der Waals surface area contributed by atoms with E-state index in [0.717, 1.165) is 17.2 Å². The van der Waals surface area contributed by atoms with Crippen molar-refractivity contribution in [2.45, 2.75) is 13.3 Å². The van der Waals surface area contributed by atoms with Gasteiger partial charge in [-0.05, 0) is 31.0 Å². The van der Waals surface area contributed by atoms with E-state index in [4.69, 9.17) is 0 Å². The molecule has 0 atom stereocenters. The number of carbonyl (C=O) groups is 2. The molecular weight excluding hydrogens is 321 g/mol. The maximum absolute atomic E-state index is 13.4. The lowest BCUT2D eigenvalue weighted by atomic mass is 10.1. The van der Waals surface area contributed by atoms with Crippen molar-refractivity contribution in [1.82, 2.24) is 5.32 Å². The average molecular weight is 336 g/mol. The minimum atomic E-state index is -1.72. The first-order valence-electron chi connectivity index (χ1n) is 7.16. The summed E-state index contributed by atoms with van der Waals surface area (Å²) in [6, 6.07) is 9.14. The molecule has 2 aromatic carbocycles. The molecule has 0 saturated heterocycles. The molecule has 0 aromatic heterocycles. The van der Waals surface area contributed by atoms with Gasteiger partial charge in [-0.2, -0.15) is 0 Å². The summed E-state index contributed by atoms with van der Waals surface area (Å²) in [7, 11) is 0. The van der Waals surface area contributed by atoms with E-state index in [2.05, 4.69) is 5.32 Å². The Morgan fingerprint density at radius 3 is 2.46 bits per heavy atom. The Labute approximate surface area is 136 Å². The van der Waals surface area contributed by atoms with E-state index in [1.165, 1.54) is 0 Å². The van der Waals surface area contributed by atoms with Crippen LogP contribution in [0.25, 0.3) is 0 Å². The third-order valence-corrected chi connectivity index (χ3v) is 3.27. The number of carbonyl (C=O) groups excluding carboxylic acids is 2. The number of amides is 2.